The van der Waals surface area contributed by atoms with Crippen LogP contribution in [0.2, 0.25) is 0 Å². The second-order valence-electron chi connectivity index (χ2n) is 5.10. The molecule has 1 atom stereocenters. The highest BCUT2D eigenvalue weighted by atomic mass is 32.2. The Bertz CT molecular complexity index is 678. The zero-order chi connectivity index (χ0) is 14.2. The molecule has 3 rings (SSSR count). The molecule has 0 aliphatic carbocycles. The van der Waals surface area contributed by atoms with Crippen LogP contribution in [0.1, 0.15) is 18.0 Å². The number of sulfonamides is 1. The van der Waals surface area contributed by atoms with Gasteiger partial charge in [-0.05, 0) is 31.5 Å². The van der Waals surface area contributed by atoms with Crippen LogP contribution in [0.4, 0.5) is 0 Å². The first-order chi connectivity index (χ1) is 9.57. The summed E-state index contributed by atoms with van der Waals surface area (Å²) in [6, 6.07) is 8.99. The van der Waals surface area contributed by atoms with Crippen LogP contribution in [-0.4, -0.2) is 35.6 Å². The molecule has 0 spiro atoms. The monoisotopic (exact) mass is 291 g/mol. The lowest BCUT2D eigenvalue weighted by molar-refractivity contribution is 0.434. The first kappa shape index (κ1) is 13.3. The Morgan fingerprint density at radius 3 is 2.65 bits per heavy atom. The van der Waals surface area contributed by atoms with Gasteiger partial charge in [0.05, 0.1) is 10.9 Å². The molecule has 20 heavy (non-hydrogen) atoms. The number of aryl methyl sites for hydroxylation is 1. The molecule has 0 saturated carbocycles. The number of aromatic nitrogens is 2. The Morgan fingerprint density at radius 2 is 2.00 bits per heavy atom. The van der Waals surface area contributed by atoms with Gasteiger partial charge in [0.1, 0.15) is 0 Å². The highest BCUT2D eigenvalue weighted by molar-refractivity contribution is 7.89. The topological polar surface area (TPSA) is 55.2 Å². The van der Waals surface area contributed by atoms with E-state index >= 15 is 0 Å². The van der Waals surface area contributed by atoms with E-state index in [2.05, 4.69) is 5.10 Å². The van der Waals surface area contributed by atoms with Crippen molar-refractivity contribution in [1.82, 2.24) is 14.1 Å². The largest absolute Gasteiger partial charge is 0.268 e. The van der Waals surface area contributed by atoms with E-state index in [-0.39, 0.29) is 6.04 Å². The van der Waals surface area contributed by atoms with E-state index in [0.29, 0.717) is 18.0 Å². The fourth-order valence-corrected chi connectivity index (χ4v) is 3.99. The molecule has 0 amide bonds. The number of nitrogens with zero attached hydrogens (tertiary/aromatic N) is 3. The molecule has 5 nitrogen and oxygen atoms in total. The summed E-state index contributed by atoms with van der Waals surface area (Å²) < 4.78 is 28.5. The molecule has 0 N–H and O–H groups in total. The van der Waals surface area contributed by atoms with Crippen molar-refractivity contribution in [1.29, 1.82) is 0 Å². The van der Waals surface area contributed by atoms with Crippen molar-refractivity contribution in [2.45, 2.75) is 24.3 Å². The summed E-state index contributed by atoms with van der Waals surface area (Å²) in [4.78, 5) is 0.365. The molecule has 0 unspecified atom stereocenters. The van der Waals surface area contributed by atoms with Crippen LogP contribution in [0.5, 0.6) is 0 Å². The summed E-state index contributed by atoms with van der Waals surface area (Å²) >= 11 is 0. The van der Waals surface area contributed by atoms with Crippen LogP contribution in [0.15, 0.2) is 47.6 Å². The standard InChI is InChI=1S/C14H17N3O2S/c1-12-3-5-14(6-4-12)20(18,19)16-10-7-13(11-16)17-9-2-8-15-17/h2-6,8-9,13H,7,10-11H2,1H3/t13-/m0/s1. The van der Waals surface area contributed by atoms with Gasteiger partial charge in [-0.25, -0.2) is 8.42 Å². The molecule has 0 radical (unpaired) electrons. The van der Waals surface area contributed by atoms with E-state index < -0.39 is 10.0 Å². The minimum atomic E-state index is -3.39. The molecule has 0 bridgehead atoms. The fourth-order valence-electron chi connectivity index (χ4n) is 2.50. The maximum atomic E-state index is 12.6. The van der Waals surface area contributed by atoms with Crippen LogP contribution < -0.4 is 0 Å². The molecule has 106 valence electrons. The van der Waals surface area contributed by atoms with Crippen molar-refractivity contribution in [3.63, 3.8) is 0 Å². The molecular formula is C14H17N3O2S. The zero-order valence-corrected chi connectivity index (χ0v) is 12.1. The van der Waals surface area contributed by atoms with Crippen molar-refractivity contribution in [2.24, 2.45) is 0 Å². The van der Waals surface area contributed by atoms with Crippen molar-refractivity contribution in [3.05, 3.63) is 48.3 Å². The average Bonchev–Trinajstić information content (AvgIpc) is 3.10. The third-order valence-electron chi connectivity index (χ3n) is 3.68. The summed E-state index contributed by atoms with van der Waals surface area (Å²) in [6.45, 7) is 2.97. The molecule has 1 fully saturated rings. The Balaban J connectivity index is 1.81. The van der Waals surface area contributed by atoms with Crippen molar-refractivity contribution >= 4 is 10.0 Å². The number of rotatable bonds is 3. The van der Waals surface area contributed by atoms with Gasteiger partial charge in [-0.2, -0.15) is 9.40 Å². The first-order valence-electron chi connectivity index (χ1n) is 6.63. The summed E-state index contributed by atoms with van der Waals surface area (Å²) in [5, 5.41) is 4.19. The van der Waals surface area contributed by atoms with Gasteiger partial charge in [-0.15, -0.1) is 0 Å². The minimum Gasteiger partial charge on any atom is -0.268 e. The lowest BCUT2D eigenvalue weighted by atomic mass is 10.2. The number of benzene rings is 1. The van der Waals surface area contributed by atoms with Gasteiger partial charge in [0.2, 0.25) is 10.0 Å². The van der Waals surface area contributed by atoms with E-state index in [4.69, 9.17) is 0 Å². The number of hydrogen-bond acceptors (Lipinski definition) is 3. The zero-order valence-electron chi connectivity index (χ0n) is 11.3. The lowest BCUT2D eigenvalue weighted by Crippen LogP contribution is -2.29. The Morgan fingerprint density at radius 1 is 1.25 bits per heavy atom. The fraction of sp³-hybridized carbons (Fsp3) is 0.357. The Labute approximate surface area is 118 Å². The van der Waals surface area contributed by atoms with Gasteiger partial charge in [-0.3, -0.25) is 4.68 Å². The minimum absolute atomic E-state index is 0.130. The smallest absolute Gasteiger partial charge is 0.243 e. The molecule has 6 heteroatoms. The molecule has 1 aromatic carbocycles. The van der Waals surface area contributed by atoms with Crippen LogP contribution in [-0.2, 0) is 10.0 Å². The molecular weight excluding hydrogens is 274 g/mol. The van der Waals surface area contributed by atoms with Gasteiger partial charge in [0.15, 0.2) is 0 Å². The molecule has 2 heterocycles. The van der Waals surface area contributed by atoms with E-state index in [1.165, 1.54) is 0 Å². The predicted octanol–water partition coefficient (Wildman–Crippen LogP) is 1.83. The quantitative estimate of drug-likeness (QED) is 0.867. The van der Waals surface area contributed by atoms with E-state index in [1.807, 2.05) is 36.0 Å². The lowest BCUT2D eigenvalue weighted by Gasteiger charge is -2.17. The Hall–Kier alpha value is -1.66. The molecule has 2 aromatic rings. The third-order valence-corrected chi connectivity index (χ3v) is 5.56. The maximum Gasteiger partial charge on any atom is 0.243 e. The van der Waals surface area contributed by atoms with Gasteiger partial charge in [0.25, 0.3) is 0 Å². The van der Waals surface area contributed by atoms with Gasteiger partial charge in [0, 0.05) is 25.5 Å². The summed E-state index contributed by atoms with van der Waals surface area (Å²) in [7, 11) is -3.39. The van der Waals surface area contributed by atoms with Crippen molar-refractivity contribution in [3.8, 4) is 0 Å². The molecule has 1 aliphatic heterocycles. The van der Waals surface area contributed by atoms with E-state index in [9.17, 15) is 8.42 Å². The first-order valence-corrected chi connectivity index (χ1v) is 8.07. The maximum absolute atomic E-state index is 12.6. The normalized spacial score (nSPS) is 20.4. The van der Waals surface area contributed by atoms with Gasteiger partial charge < -0.3 is 0 Å². The third kappa shape index (κ3) is 2.36. The van der Waals surface area contributed by atoms with Gasteiger partial charge in [-0.1, -0.05) is 17.7 Å². The summed E-state index contributed by atoms with van der Waals surface area (Å²) in [5.74, 6) is 0. The second kappa shape index (κ2) is 5.03. The van der Waals surface area contributed by atoms with Crippen LogP contribution in [0.25, 0.3) is 0 Å². The van der Waals surface area contributed by atoms with Crippen molar-refractivity contribution < 1.29 is 8.42 Å². The number of hydrogen-bond donors (Lipinski definition) is 0. The predicted molar refractivity (Wildman–Crippen MR) is 75.8 cm³/mol. The highest BCUT2D eigenvalue weighted by Crippen LogP contribution is 2.26. The Kier molecular flexibility index (Phi) is 3.35. The molecule has 1 aromatic heterocycles. The van der Waals surface area contributed by atoms with Crippen LogP contribution in [0.3, 0.4) is 0 Å². The molecule has 1 saturated heterocycles. The molecule has 1 aliphatic rings. The average molecular weight is 291 g/mol. The summed E-state index contributed by atoms with van der Waals surface area (Å²) in [5.41, 5.74) is 1.06. The summed E-state index contributed by atoms with van der Waals surface area (Å²) in [6.07, 6.45) is 4.40. The van der Waals surface area contributed by atoms with E-state index in [1.54, 1.807) is 22.6 Å². The van der Waals surface area contributed by atoms with Crippen LogP contribution >= 0.6 is 0 Å². The highest BCUT2D eigenvalue weighted by Gasteiger charge is 2.33. The van der Waals surface area contributed by atoms with Crippen molar-refractivity contribution in [2.75, 3.05) is 13.1 Å². The second-order valence-corrected chi connectivity index (χ2v) is 7.04. The SMILES string of the molecule is Cc1ccc(S(=O)(=O)N2CC[C@H](n3cccn3)C2)cc1. The van der Waals surface area contributed by atoms with Gasteiger partial charge >= 0.3 is 0 Å². The van der Waals surface area contributed by atoms with Crippen LogP contribution in [0, 0.1) is 6.92 Å². The van der Waals surface area contributed by atoms with E-state index in [0.717, 1.165) is 12.0 Å².